The Morgan fingerprint density at radius 1 is 1.19 bits per heavy atom. The van der Waals surface area contributed by atoms with E-state index in [1.165, 1.54) is 0 Å². The number of aryl methyl sites for hydroxylation is 1. The lowest BCUT2D eigenvalue weighted by Crippen LogP contribution is -2.43. The van der Waals surface area contributed by atoms with Crippen molar-refractivity contribution in [3.63, 3.8) is 0 Å². The lowest BCUT2D eigenvalue weighted by Gasteiger charge is -2.34. The second kappa shape index (κ2) is 4.33. The Kier molecular flexibility index (Phi) is 2.65. The van der Waals surface area contributed by atoms with Crippen LogP contribution in [0.4, 0.5) is 0 Å². The SMILES string of the molecule is Cc1ccc2c(c1)C(O)(c1ccc(Cl)cc1)N1CCN=C21. The van der Waals surface area contributed by atoms with Gasteiger partial charge >= 0.3 is 0 Å². The second-order valence-electron chi connectivity index (χ2n) is 5.59. The number of halogens is 1. The van der Waals surface area contributed by atoms with Crippen molar-refractivity contribution in [3.05, 3.63) is 69.7 Å². The van der Waals surface area contributed by atoms with Crippen molar-refractivity contribution in [3.8, 4) is 0 Å². The molecule has 2 aromatic rings. The first-order valence-corrected chi connectivity index (χ1v) is 7.40. The van der Waals surface area contributed by atoms with Crippen LogP contribution in [0.2, 0.25) is 5.02 Å². The van der Waals surface area contributed by atoms with E-state index in [0.717, 1.165) is 41.2 Å². The number of fused-ring (bicyclic) bond motifs is 3. The minimum Gasteiger partial charge on any atom is -0.363 e. The van der Waals surface area contributed by atoms with Gasteiger partial charge in [-0.25, -0.2) is 0 Å². The maximum atomic E-state index is 11.5. The lowest BCUT2D eigenvalue weighted by atomic mass is 9.92. The molecule has 4 heteroatoms. The van der Waals surface area contributed by atoms with E-state index >= 15 is 0 Å². The summed E-state index contributed by atoms with van der Waals surface area (Å²) in [7, 11) is 0. The van der Waals surface area contributed by atoms with Crippen molar-refractivity contribution in [2.24, 2.45) is 4.99 Å². The van der Waals surface area contributed by atoms with Crippen molar-refractivity contribution >= 4 is 17.4 Å². The summed E-state index contributed by atoms with van der Waals surface area (Å²) < 4.78 is 0. The number of hydrogen-bond acceptors (Lipinski definition) is 3. The van der Waals surface area contributed by atoms with Gasteiger partial charge in [0, 0.05) is 28.3 Å². The van der Waals surface area contributed by atoms with Gasteiger partial charge in [-0.15, -0.1) is 0 Å². The molecular weight excluding hydrogens is 284 g/mol. The van der Waals surface area contributed by atoms with E-state index in [1.54, 1.807) is 0 Å². The van der Waals surface area contributed by atoms with Crippen LogP contribution in [-0.4, -0.2) is 28.9 Å². The molecule has 0 spiro atoms. The molecule has 2 aromatic carbocycles. The third kappa shape index (κ3) is 1.68. The molecule has 21 heavy (non-hydrogen) atoms. The lowest BCUT2D eigenvalue weighted by molar-refractivity contribution is -0.0242. The van der Waals surface area contributed by atoms with E-state index in [0.29, 0.717) is 5.02 Å². The van der Waals surface area contributed by atoms with Gasteiger partial charge < -0.3 is 10.0 Å². The monoisotopic (exact) mass is 298 g/mol. The van der Waals surface area contributed by atoms with Crippen LogP contribution in [0.1, 0.15) is 22.3 Å². The van der Waals surface area contributed by atoms with Gasteiger partial charge in [0.25, 0.3) is 0 Å². The molecule has 3 nitrogen and oxygen atoms in total. The Morgan fingerprint density at radius 3 is 2.71 bits per heavy atom. The van der Waals surface area contributed by atoms with Gasteiger partial charge in [0.2, 0.25) is 0 Å². The van der Waals surface area contributed by atoms with Crippen molar-refractivity contribution < 1.29 is 5.11 Å². The Hall–Kier alpha value is -1.84. The van der Waals surface area contributed by atoms with Crippen LogP contribution in [0.15, 0.2) is 47.5 Å². The van der Waals surface area contributed by atoms with Crippen LogP contribution >= 0.6 is 11.6 Å². The molecule has 1 N–H and O–H groups in total. The van der Waals surface area contributed by atoms with E-state index in [4.69, 9.17) is 11.6 Å². The fraction of sp³-hybridized carbons (Fsp3) is 0.235. The van der Waals surface area contributed by atoms with Crippen molar-refractivity contribution in [2.75, 3.05) is 13.1 Å². The Balaban J connectivity index is 1.98. The normalized spacial score (nSPS) is 23.0. The molecule has 106 valence electrons. The first-order chi connectivity index (χ1) is 10.1. The average Bonchev–Trinajstić information content (AvgIpc) is 3.03. The molecule has 2 aliphatic rings. The van der Waals surface area contributed by atoms with Crippen LogP contribution in [0.5, 0.6) is 0 Å². The predicted octanol–water partition coefficient (Wildman–Crippen LogP) is 2.92. The summed E-state index contributed by atoms with van der Waals surface area (Å²) in [6, 6.07) is 13.6. The van der Waals surface area contributed by atoms with Crippen LogP contribution in [0.25, 0.3) is 0 Å². The van der Waals surface area contributed by atoms with E-state index in [2.05, 4.69) is 17.1 Å². The van der Waals surface area contributed by atoms with Gasteiger partial charge in [-0.1, -0.05) is 47.5 Å². The quantitative estimate of drug-likeness (QED) is 0.879. The van der Waals surface area contributed by atoms with Crippen molar-refractivity contribution in [1.29, 1.82) is 0 Å². The highest BCUT2D eigenvalue weighted by molar-refractivity contribution is 6.30. The average molecular weight is 299 g/mol. The van der Waals surface area contributed by atoms with Crippen molar-refractivity contribution in [1.82, 2.24) is 4.90 Å². The van der Waals surface area contributed by atoms with Gasteiger partial charge in [-0.05, 0) is 19.1 Å². The molecule has 0 saturated carbocycles. The fourth-order valence-corrected chi connectivity index (χ4v) is 3.40. The third-order valence-corrected chi connectivity index (χ3v) is 4.52. The number of amidine groups is 1. The predicted molar refractivity (Wildman–Crippen MR) is 83.7 cm³/mol. The number of benzene rings is 2. The molecule has 0 fully saturated rings. The Bertz CT molecular complexity index is 754. The zero-order valence-electron chi connectivity index (χ0n) is 11.7. The van der Waals surface area contributed by atoms with E-state index in [9.17, 15) is 5.11 Å². The molecule has 0 aliphatic carbocycles. The summed E-state index contributed by atoms with van der Waals surface area (Å²) in [6.07, 6.45) is 0. The Labute approximate surface area is 128 Å². The van der Waals surface area contributed by atoms with Gasteiger partial charge in [-0.2, -0.15) is 0 Å². The number of rotatable bonds is 1. The van der Waals surface area contributed by atoms with Crippen LogP contribution < -0.4 is 0 Å². The minimum atomic E-state index is -1.15. The minimum absolute atomic E-state index is 0.667. The summed E-state index contributed by atoms with van der Waals surface area (Å²) in [5, 5.41) is 12.2. The molecule has 2 aliphatic heterocycles. The van der Waals surface area contributed by atoms with Gasteiger partial charge in [-0.3, -0.25) is 4.99 Å². The van der Waals surface area contributed by atoms with Gasteiger partial charge in [0.1, 0.15) is 5.84 Å². The summed E-state index contributed by atoms with van der Waals surface area (Å²) in [6.45, 7) is 3.48. The molecule has 1 unspecified atom stereocenters. The first-order valence-electron chi connectivity index (χ1n) is 7.03. The molecule has 0 saturated heterocycles. The largest absolute Gasteiger partial charge is 0.363 e. The fourth-order valence-electron chi connectivity index (χ4n) is 3.27. The molecular formula is C17H15ClN2O. The molecule has 1 atom stereocenters. The molecule has 4 rings (SSSR count). The number of aliphatic imine (C=N–C) groups is 1. The van der Waals surface area contributed by atoms with Gasteiger partial charge in [0.15, 0.2) is 5.72 Å². The molecule has 0 bridgehead atoms. The van der Waals surface area contributed by atoms with E-state index in [-0.39, 0.29) is 0 Å². The van der Waals surface area contributed by atoms with E-state index in [1.807, 2.05) is 42.2 Å². The van der Waals surface area contributed by atoms with Gasteiger partial charge in [0.05, 0.1) is 6.54 Å². The summed E-state index contributed by atoms with van der Waals surface area (Å²) >= 11 is 5.98. The van der Waals surface area contributed by atoms with E-state index < -0.39 is 5.72 Å². The zero-order valence-corrected chi connectivity index (χ0v) is 12.4. The molecule has 0 radical (unpaired) electrons. The molecule has 0 amide bonds. The third-order valence-electron chi connectivity index (χ3n) is 4.27. The highest BCUT2D eigenvalue weighted by atomic mass is 35.5. The maximum absolute atomic E-state index is 11.5. The van der Waals surface area contributed by atoms with Crippen LogP contribution in [0, 0.1) is 6.92 Å². The topological polar surface area (TPSA) is 35.8 Å². The van der Waals surface area contributed by atoms with Crippen LogP contribution in [0.3, 0.4) is 0 Å². The summed E-state index contributed by atoms with van der Waals surface area (Å²) in [5.74, 6) is 0.891. The summed E-state index contributed by atoms with van der Waals surface area (Å²) in [5.41, 5.74) is 2.73. The smallest absolute Gasteiger partial charge is 0.193 e. The zero-order chi connectivity index (χ0) is 14.6. The molecule has 2 heterocycles. The van der Waals surface area contributed by atoms with Crippen LogP contribution in [-0.2, 0) is 5.72 Å². The summed E-state index contributed by atoms with van der Waals surface area (Å²) in [4.78, 5) is 6.55. The maximum Gasteiger partial charge on any atom is 0.193 e. The molecule has 0 aromatic heterocycles. The number of nitrogens with zero attached hydrogens (tertiary/aromatic N) is 2. The second-order valence-corrected chi connectivity index (χ2v) is 6.02. The number of hydrogen-bond donors (Lipinski definition) is 1. The standard InChI is InChI=1S/C17H15ClN2O/c1-11-2-7-14-15(10-11)17(21,20-9-8-19-16(14)20)12-3-5-13(18)6-4-12/h2-7,10,21H,8-9H2,1H3. The van der Waals surface area contributed by atoms with Crippen molar-refractivity contribution in [2.45, 2.75) is 12.6 Å². The number of aliphatic hydroxyl groups is 1. The highest BCUT2D eigenvalue weighted by Crippen LogP contribution is 2.44. The first kappa shape index (κ1) is 12.9. The Morgan fingerprint density at radius 2 is 1.95 bits per heavy atom. The highest BCUT2D eigenvalue weighted by Gasteiger charge is 2.49.